The van der Waals surface area contributed by atoms with E-state index in [0.717, 1.165) is 12.0 Å². The number of hydrogen-bond donors (Lipinski definition) is 1. The number of carbonyl (C=O) groups excluding carboxylic acids is 1. The summed E-state index contributed by atoms with van der Waals surface area (Å²) >= 11 is 0. The molecule has 110 valence electrons. The zero-order valence-corrected chi connectivity index (χ0v) is 12.7. The summed E-state index contributed by atoms with van der Waals surface area (Å²) in [5.41, 5.74) is 9.40. The summed E-state index contributed by atoms with van der Waals surface area (Å²) in [4.78, 5) is 14.5. The van der Waals surface area contributed by atoms with Gasteiger partial charge in [-0.15, -0.1) is 0 Å². The van der Waals surface area contributed by atoms with Gasteiger partial charge in [-0.05, 0) is 37.5 Å². The van der Waals surface area contributed by atoms with Crippen molar-refractivity contribution >= 4 is 11.6 Å². The predicted molar refractivity (Wildman–Crippen MR) is 87.3 cm³/mol. The zero-order chi connectivity index (χ0) is 15.2. The Morgan fingerprint density at radius 1 is 1.10 bits per heavy atom. The highest BCUT2D eigenvalue weighted by atomic mass is 16.2. The van der Waals surface area contributed by atoms with E-state index in [9.17, 15) is 4.79 Å². The lowest BCUT2D eigenvalue weighted by molar-refractivity contribution is 0.0767. The van der Waals surface area contributed by atoms with Crippen LogP contribution in [0.15, 0.2) is 48.5 Å². The molecule has 2 aromatic rings. The van der Waals surface area contributed by atoms with Crippen molar-refractivity contribution in [3.63, 3.8) is 0 Å². The Hall–Kier alpha value is -2.29. The third-order valence-corrected chi connectivity index (χ3v) is 3.74. The summed E-state index contributed by atoms with van der Waals surface area (Å²) in [7, 11) is 0. The van der Waals surface area contributed by atoms with Crippen molar-refractivity contribution < 1.29 is 4.79 Å². The normalized spacial score (nSPS) is 10.4. The van der Waals surface area contributed by atoms with Gasteiger partial charge in [0.05, 0.1) is 5.56 Å². The molecule has 3 nitrogen and oxygen atoms in total. The van der Waals surface area contributed by atoms with Crippen LogP contribution in [0.3, 0.4) is 0 Å². The van der Waals surface area contributed by atoms with Crippen LogP contribution in [0.2, 0.25) is 0 Å². The lowest BCUT2D eigenvalue weighted by atomic mass is 10.1. The summed E-state index contributed by atoms with van der Waals surface area (Å²) in [6.07, 6.45) is 0.853. The first-order valence-electron chi connectivity index (χ1n) is 7.31. The van der Waals surface area contributed by atoms with Crippen molar-refractivity contribution in [2.45, 2.75) is 20.3 Å². The molecule has 0 aliphatic rings. The Balaban J connectivity index is 2.10. The van der Waals surface area contributed by atoms with Gasteiger partial charge in [-0.3, -0.25) is 4.79 Å². The van der Waals surface area contributed by atoms with Gasteiger partial charge in [0.25, 0.3) is 5.91 Å². The van der Waals surface area contributed by atoms with Gasteiger partial charge in [-0.2, -0.15) is 0 Å². The number of nitrogens with two attached hydrogens (primary N) is 1. The second kappa shape index (κ2) is 6.93. The highest BCUT2D eigenvalue weighted by molar-refractivity contribution is 5.99. The van der Waals surface area contributed by atoms with Gasteiger partial charge in [0.15, 0.2) is 0 Å². The number of rotatable bonds is 5. The number of carbonyl (C=O) groups is 1. The van der Waals surface area contributed by atoms with Gasteiger partial charge >= 0.3 is 0 Å². The van der Waals surface area contributed by atoms with E-state index >= 15 is 0 Å². The molecule has 0 saturated carbocycles. The monoisotopic (exact) mass is 282 g/mol. The summed E-state index contributed by atoms with van der Waals surface area (Å²) in [5.74, 6) is 0.00892. The largest absolute Gasteiger partial charge is 0.398 e. The van der Waals surface area contributed by atoms with Crippen molar-refractivity contribution in [3.8, 4) is 0 Å². The van der Waals surface area contributed by atoms with Gasteiger partial charge in [-0.25, -0.2) is 0 Å². The molecule has 2 rings (SSSR count). The number of benzene rings is 2. The second-order valence-corrected chi connectivity index (χ2v) is 5.16. The molecule has 2 N–H and O–H groups in total. The third-order valence-electron chi connectivity index (χ3n) is 3.74. The van der Waals surface area contributed by atoms with Crippen LogP contribution in [-0.4, -0.2) is 23.9 Å². The zero-order valence-electron chi connectivity index (χ0n) is 12.7. The second-order valence-electron chi connectivity index (χ2n) is 5.16. The fourth-order valence-corrected chi connectivity index (χ4v) is 2.35. The molecule has 0 unspecified atom stereocenters. The first kappa shape index (κ1) is 15.1. The highest BCUT2D eigenvalue weighted by Gasteiger charge is 2.17. The van der Waals surface area contributed by atoms with Crippen LogP contribution >= 0.6 is 0 Å². The van der Waals surface area contributed by atoms with Crippen LogP contribution in [0, 0.1) is 6.92 Å². The van der Waals surface area contributed by atoms with Gasteiger partial charge in [0, 0.05) is 18.8 Å². The van der Waals surface area contributed by atoms with Gasteiger partial charge in [0.1, 0.15) is 0 Å². The summed E-state index contributed by atoms with van der Waals surface area (Å²) in [6, 6.07) is 15.8. The minimum absolute atomic E-state index is 0.00892. The molecule has 0 atom stereocenters. The molecule has 0 spiro atoms. The van der Waals surface area contributed by atoms with E-state index in [2.05, 4.69) is 12.1 Å². The molecular formula is C18H22N2O. The Morgan fingerprint density at radius 3 is 2.48 bits per heavy atom. The molecule has 0 radical (unpaired) electrons. The van der Waals surface area contributed by atoms with Crippen LogP contribution in [0.1, 0.15) is 28.4 Å². The molecule has 1 amide bonds. The SMILES string of the molecule is CCN(CCc1ccccc1)C(=O)c1cccc(C)c1N. The molecule has 0 bridgehead atoms. The number of amides is 1. The van der Waals surface area contributed by atoms with Crippen molar-refractivity contribution in [2.75, 3.05) is 18.8 Å². The van der Waals surface area contributed by atoms with E-state index < -0.39 is 0 Å². The smallest absolute Gasteiger partial charge is 0.255 e. The maximum absolute atomic E-state index is 12.6. The number of nitrogens with zero attached hydrogens (tertiary/aromatic N) is 1. The van der Waals surface area contributed by atoms with Crippen LogP contribution in [0.4, 0.5) is 5.69 Å². The number of likely N-dealkylation sites (N-methyl/N-ethyl adjacent to an activating group) is 1. The first-order chi connectivity index (χ1) is 10.1. The lowest BCUT2D eigenvalue weighted by Gasteiger charge is -2.22. The summed E-state index contributed by atoms with van der Waals surface area (Å²) in [5, 5.41) is 0. The van der Waals surface area contributed by atoms with Gasteiger partial charge in [0.2, 0.25) is 0 Å². The molecular weight excluding hydrogens is 260 g/mol. The summed E-state index contributed by atoms with van der Waals surface area (Å²) in [6.45, 7) is 5.30. The Bertz CT molecular complexity index is 608. The number of para-hydroxylation sites is 1. The Kier molecular flexibility index (Phi) is 4.99. The van der Waals surface area contributed by atoms with Crippen molar-refractivity contribution in [2.24, 2.45) is 0 Å². The minimum atomic E-state index is 0.00892. The van der Waals surface area contributed by atoms with Crippen molar-refractivity contribution in [1.29, 1.82) is 0 Å². The number of nitrogen functional groups attached to an aromatic ring is 1. The van der Waals surface area contributed by atoms with E-state index in [-0.39, 0.29) is 5.91 Å². The van der Waals surface area contributed by atoms with E-state index in [1.165, 1.54) is 5.56 Å². The fourth-order valence-electron chi connectivity index (χ4n) is 2.35. The predicted octanol–water partition coefficient (Wildman–Crippen LogP) is 3.28. The van der Waals surface area contributed by atoms with Crippen LogP contribution in [0.25, 0.3) is 0 Å². The molecule has 0 fully saturated rings. The molecule has 0 saturated heterocycles. The minimum Gasteiger partial charge on any atom is -0.398 e. The van der Waals surface area contributed by atoms with Gasteiger partial charge < -0.3 is 10.6 Å². The Labute approximate surface area is 126 Å². The van der Waals surface area contributed by atoms with E-state index in [4.69, 9.17) is 5.73 Å². The van der Waals surface area contributed by atoms with Gasteiger partial charge in [-0.1, -0.05) is 42.5 Å². The number of aryl methyl sites for hydroxylation is 1. The summed E-state index contributed by atoms with van der Waals surface area (Å²) < 4.78 is 0. The van der Waals surface area contributed by atoms with Crippen LogP contribution in [-0.2, 0) is 6.42 Å². The average molecular weight is 282 g/mol. The van der Waals surface area contributed by atoms with E-state index in [0.29, 0.717) is 24.3 Å². The number of anilines is 1. The topological polar surface area (TPSA) is 46.3 Å². The number of hydrogen-bond acceptors (Lipinski definition) is 2. The van der Waals surface area contributed by atoms with Crippen molar-refractivity contribution in [1.82, 2.24) is 4.90 Å². The standard InChI is InChI=1S/C18H22N2O/c1-3-20(13-12-15-9-5-4-6-10-15)18(21)16-11-7-8-14(2)17(16)19/h4-11H,3,12-13,19H2,1-2H3. The molecule has 0 aliphatic carbocycles. The highest BCUT2D eigenvalue weighted by Crippen LogP contribution is 2.18. The molecule has 21 heavy (non-hydrogen) atoms. The average Bonchev–Trinajstić information content (AvgIpc) is 2.51. The molecule has 2 aromatic carbocycles. The van der Waals surface area contributed by atoms with E-state index in [1.807, 2.05) is 49.1 Å². The molecule has 3 heteroatoms. The molecule has 0 aromatic heterocycles. The van der Waals surface area contributed by atoms with Crippen LogP contribution in [0.5, 0.6) is 0 Å². The van der Waals surface area contributed by atoms with Crippen molar-refractivity contribution in [3.05, 3.63) is 65.2 Å². The fraction of sp³-hybridized carbons (Fsp3) is 0.278. The lowest BCUT2D eigenvalue weighted by Crippen LogP contribution is -2.33. The quantitative estimate of drug-likeness (QED) is 0.855. The maximum atomic E-state index is 12.6. The molecule has 0 aliphatic heterocycles. The molecule has 0 heterocycles. The maximum Gasteiger partial charge on any atom is 0.255 e. The third kappa shape index (κ3) is 3.63. The first-order valence-corrected chi connectivity index (χ1v) is 7.31. The Morgan fingerprint density at radius 2 is 1.81 bits per heavy atom. The van der Waals surface area contributed by atoms with Crippen LogP contribution < -0.4 is 5.73 Å². The van der Waals surface area contributed by atoms with E-state index in [1.54, 1.807) is 6.07 Å².